The number of carboxylic acid groups (broad SMARTS) is 1. The molecule has 0 saturated carbocycles. The summed E-state index contributed by atoms with van der Waals surface area (Å²) in [7, 11) is 0. The monoisotopic (exact) mass is 314 g/mol. The van der Waals surface area contributed by atoms with Crippen molar-refractivity contribution in [2.75, 3.05) is 6.61 Å². The van der Waals surface area contributed by atoms with E-state index in [0.717, 1.165) is 0 Å². The number of carbonyl (C=O) groups is 2. The van der Waals surface area contributed by atoms with Gasteiger partial charge in [0.2, 0.25) is 0 Å². The Morgan fingerprint density at radius 1 is 1.00 bits per heavy atom. The first-order valence-corrected chi connectivity index (χ1v) is 8.19. The van der Waals surface area contributed by atoms with Crippen molar-refractivity contribution in [1.29, 1.82) is 0 Å². The lowest BCUT2D eigenvalue weighted by Gasteiger charge is -2.42. The standard InChI is InChI=1S/C18H34O4/c1-9-18(12-17(6,7)8,15(21)22-10-2)13(14(19)20)11-16(3,4)5/h13H,9-12H2,1-8H3,(H,19,20). The third-order valence-electron chi connectivity index (χ3n) is 3.94. The molecule has 22 heavy (non-hydrogen) atoms. The first-order valence-electron chi connectivity index (χ1n) is 8.19. The molecule has 0 amide bonds. The summed E-state index contributed by atoms with van der Waals surface area (Å²) >= 11 is 0. The molecule has 2 atom stereocenters. The second-order valence-corrected chi connectivity index (χ2v) is 8.62. The van der Waals surface area contributed by atoms with Gasteiger partial charge in [0.15, 0.2) is 0 Å². The van der Waals surface area contributed by atoms with Gasteiger partial charge >= 0.3 is 11.9 Å². The highest BCUT2D eigenvalue weighted by molar-refractivity contribution is 5.84. The minimum Gasteiger partial charge on any atom is -0.481 e. The van der Waals surface area contributed by atoms with Crippen LogP contribution in [0.25, 0.3) is 0 Å². The van der Waals surface area contributed by atoms with Crippen LogP contribution in [0.2, 0.25) is 0 Å². The predicted octanol–water partition coefficient (Wildman–Crippen LogP) is 4.52. The summed E-state index contributed by atoms with van der Waals surface area (Å²) in [6.07, 6.45) is 1.42. The van der Waals surface area contributed by atoms with Gasteiger partial charge in [-0.3, -0.25) is 9.59 Å². The van der Waals surface area contributed by atoms with Gasteiger partial charge < -0.3 is 9.84 Å². The van der Waals surface area contributed by atoms with Gasteiger partial charge in [-0.2, -0.15) is 0 Å². The van der Waals surface area contributed by atoms with Crippen LogP contribution in [0.1, 0.15) is 74.7 Å². The smallest absolute Gasteiger partial charge is 0.312 e. The van der Waals surface area contributed by atoms with Crippen molar-refractivity contribution < 1.29 is 19.4 Å². The van der Waals surface area contributed by atoms with Crippen LogP contribution < -0.4 is 0 Å². The second kappa shape index (κ2) is 7.47. The number of hydrogen-bond donors (Lipinski definition) is 1. The lowest BCUT2D eigenvalue weighted by atomic mass is 9.61. The highest BCUT2D eigenvalue weighted by atomic mass is 16.5. The van der Waals surface area contributed by atoms with E-state index < -0.39 is 17.3 Å². The number of rotatable bonds is 7. The molecule has 0 rings (SSSR count). The Balaban J connectivity index is 5.95. The van der Waals surface area contributed by atoms with Crippen molar-refractivity contribution in [2.45, 2.75) is 74.7 Å². The molecule has 4 nitrogen and oxygen atoms in total. The van der Waals surface area contributed by atoms with E-state index in [9.17, 15) is 14.7 Å². The molecule has 0 spiro atoms. The van der Waals surface area contributed by atoms with Gasteiger partial charge in [0.05, 0.1) is 17.9 Å². The van der Waals surface area contributed by atoms with Crippen LogP contribution in [0.5, 0.6) is 0 Å². The van der Waals surface area contributed by atoms with E-state index >= 15 is 0 Å². The molecule has 0 bridgehead atoms. The molecular weight excluding hydrogens is 280 g/mol. The van der Waals surface area contributed by atoms with Crippen molar-refractivity contribution in [3.8, 4) is 0 Å². The van der Waals surface area contributed by atoms with E-state index in [2.05, 4.69) is 0 Å². The summed E-state index contributed by atoms with van der Waals surface area (Å²) in [6.45, 7) is 16.0. The fourth-order valence-corrected chi connectivity index (χ4v) is 3.21. The molecule has 0 fully saturated rings. The quantitative estimate of drug-likeness (QED) is 0.702. The molecule has 0 heterocycles. The molecular formula is C18H34O4. The Hall–Kier alpha value is -1.06. The van der Waals surface area contributed by atoms with Gasteiger partial charge in [-0.05, 0) is 37.0 Å². The zero-order valence-electron chi connectivity index (χ0n) is 15.6. The summed E-state index contributed by atoms with van der Waals surface area (Å²) in [5.74, 6) is -2.02. The normalized spacial score (nSPS) is 16.7. The zero-order chi connectivity index (χ0) is 17.8. The fourth-order valence-electron chi connectivity index (χ4n) is 3.21. The van der Waals surface area contributed by atoms with Crippen LogP contribution in [0.3, 0.4) is 0 Å². The fraction of sp³-hybridized carbons (Fsp3) is 0.889. The van der Waals surface area contributed by atoms with Gasteiger partial charge in [0.25, 0.3) is 0 Å². The zero-order valence-corrected chi connectivity index (χ0v) is 15.6. The first kappa shape index (κ1) is 20.9. The maximum Gasteiger partial charge on any atom is 0.312 e. The van der Waals surface area contributed by atoms with Gasteiger partial charge in [0.1, 0.15) is 0 Å². The van der Waals surface area contributed by atoms with Crippen LogP contribution in [0.4, 0.5) is 0 Å². The topological polar surface area (TPSA) is 63.6 Å². The van der Waals surface area contributed by atoms with E-state index in [1.807, 2.05) is 48.5 Å². The van der Waals surface area contributed by atoms with E-state index in [-0.39, 0.29) is 23.4 Å². The minimum atomic E-state index is -0.979. The van der Waals surface area contributed by atoms with Crippen LogP contribution in [0, 0.1) is 22.2 Å². The van der Waals surface area contributed by atoms with E-state index in [4.69, 9.17) is 4.74 Å². The number of hydrogen-bond acceptors (Lipinski definition) is 3. The number of carbonyl (C=O) groups excluding carboxylic acids is 1. The highest BCUT2D eigenvalue weighted by Crippen LogP contribution is 2.47. The molecule has 0 aromatic carbocycles. The summed E-state index contributed by atoms with van der Waals surface area (Å²) in [5.41, 5.74) is -1.31. The molecule has 0 aliphatic rings. The number of carboxylic acids is 1. The Labute approximate surface area is 135 Å². The number of esters is 1. The minimum absolute atomic E-state index is 0.158. The maximum absolute atomic E-state index is 12.7. The van der Waals surface area contributed by atoms with Gasteiger partial charge in [-0.25, -0.2) is 0 Å². The van der Waals surface area contributed by atoms with Gasteiger partial charge in [0, 0.05) is 0 Å². The molecule has 0 aromatic heterocycles. The maximum atomic E-state index is 12.7. The Morgan fingerprint density at radius 2 is 1.50 bits per heavy atom. The molecule has 0 radical (unpaired) electrons. The van der Waals surface area contributed by atoms with Crippen LogP contribution >= 0.6 is 0 Å². The molecule has 0 aromatic rings. The summed E-state index contributed by atoms with van der Waals surface area (Å²) < 4.78 is 5.29. The molecule has 0 saturated heterocycles. The Kier molecular flexibility index (Phi) is 7.11. The molecule has 4 heteroatoms. The SMILES string of the molecule is CCOC(=O)C(CC)(CC(C)(C)C)C(CC(C)(C)C)C(=O)O. The number of ether oxygens (including phenoxy) is 1. The Bertz CT molecular complexity index is 387. The Morgan fingerprint density at radius 3 is 1.77 bits per heavy atom. The van der Waals surface area contributed by atoms with E-state index in [1.54, 1.807) is 6.92 Å². The summed E-state index contributed by atoms with van der Waals surface area (Å²) in [6, 6.07) is 0. The molecule has 1 N–H and O–H groups in total. The highest BCUT2D eigenvalue weighted by Gasteiger charge is 2.51. The molecule has 0 aliphatic carbocycles. The van der Waals surface area contributed by atoms with E-state index in [0.29, 0.717) is 19.3 Å². The summed E-state index contributed by atoms with van der Waals surface area (Å²) in [4.78, 5) is 24.7. The van der Waals surface area contributed by atoms with Crippen LogP contribution in [-0.2, 0) is 14.3 Å². The predicted molar refractivity (Wildman–Crippen MR) is 88.6 cm³/mol. The second-order valence-electron chi connectivity index (χ2n) is 8.62. The van der Waals surface area contributed by atoms with Crippen molar-refractivity contribution in [3.05, 3.63) is 0 Å². The van der Waals surface area contributed by atoms with Crippen LogP contribution in [0.15, 0.2) is 0 Å². The average molecular weight is 314 g/mol. The van der Waals surface area contributed by atoms with Crippen molar-refractivity contribution in [2.24, 2.45) is 22.2 Å². The van der Waals surface area contributed by atoms with E-state index in [1.165, 1.54) is 0 Å². The molecule has 0 aliphatic heterocycles. The van der Waals surface area contributed by atoms with Crippen LogP contribution in [-0.4, -0.2) is 23.7 Å². The number of aliphatic carboxylic acids is 1. The van der Waals surface area contributed by atoms with Crippen molar-refractivity contribution in [3.63, 3.8) is 0 Å². The lowest BCUT2D eigenvalue weighted by Crippen LogP contribution is -2.47. The largest absolute Gasteiger partial charge is 0.481 e. The molecule has 2 unspecified atom stereocenters. The summed E-state index contributed by atoms with van der Waals surface area (Å²) in [5, 5.41) is 9.81. The third-order valence-corrected chi connectivity index (χ3v) is 3.94. The first-order chi connectivity index (χ1) is 9.79. The van der Waals surface area contributed by atoms with Gasteiger partial charge in [-0.15, -0.1) is 0 Å². The van der Waals surface area contributed by atoms with Crippen molar-refractivity contribution in [1.82, 2.24) is 0 Å². The van der Waals surface area contributed by atoms with Crippen molar-refractivity contribution >= 4 is 11.9 Å². The average Bonchev–Trinajstić information content (AvgIpc) is 2.31. The van der Waals surface area contributed by atoms with Gasteiger partial charge in [-0.1, -0.05) is 48.5 Å². The lowest BCUT2D eigenvalue weighted by molar-refractivity contribution is -0.172. The molecule has 130 valence electrons. The third kappa shape index (κ3) is 5.98.